The van der Waals surface area contributed by atoms with E-state index in [2.05, 4.69) is 15.4 Å². The molecule has 122 valence electrons. The van der Waals surface area contributed by atoms with Gasteiger partial charge >= 0.3 is 0 Å². The molecule has 9 heteroatoms. The number of anilines is 1. The van der Waals surface area contributed by atoms with Gasteiger partial charge in [0.1, 0.15) is 0 Å². The summed E-state index contributed by atoms with van der Waals surface area (Å²) in [5.41, 5.74) is 0.341. The normalized spacial score (nSPS) is 12.5. The Morgan fingerprint density at radius 2 is 2.00 bits per heavy atom. The van der Waals surface area contributed by atoms with Crippen LogP contribution in [-0.2, 0) is 19.6 Å². The fourth-order valence-corrected chi connectivity index (χ4v) is 2.56. The quantitative estimate of drug-likeness (QED) is 0.664. The van der Waals surface area contributed by atoms with Crippen LogP contribution < -0.4 is 15.4 Å². The first-order valence-electron chi connectivity index (χ1n) is 6.44. The number of hydrogen-bond donors (Lipinski definition) is 3. The SMILES string of the molecule is CNS(=O)(=O)c1cccc(NC(=O)CNC(=O)C(C)SC)c1. The molecular formula is C13H19N3O4S2. The van der Waals surface area contributed by atoms with Gasteiger partial charge in [-0.1, -0.05) is 6.07 Å². The molecule has 0 aliphatic rings. The first kappa shape index (κ1) is 18.5. The van der Waals surface area contributed by atoms with E-state index in [0.29, 0.717) is 5.69 Å². The summed E-state index contributed by atoms with van der Waals surface area (Å²) in [5.74, 6) is -0.658. The van der Waals surface area contributed by atoms with E-state index in [0.717, 1.165) is 0 Å². The van der Waals surface area contributed by atoms with Gasteiger partial charge in [-0.2, -0.15) is 11.8 Å². The average Bonchev–Trinajstić information content (AvgIpc) is 2.52. The highest BCUT2D eigenvalue weighted by Crippen LogP contribution is 2.14. The molecule has 0 saturated carbocycles. The highest BCUT2D eigenvalue weighted by Gasteiger charge is 2.14. The number of hydrogen-bond acceptors (Lipinski definition) is 5. The van der Waals surface area contributed by atoms with Crippen molar-refractivity contribution in [2.45, 2.75) is 17.1 Å². The van der Waals surface area contributed by atoms with Crippen molar-refractivity contribution in [1.29, 1.82) is 0 Å². The van der Waals surface area contributed by atoms with E-state index < -0.39 is 15.9 Å². The van der Waals surface area contributed by atoms with Crippen LogP contribution in [0.3, 0.4) is 0 Å². The minimum Gasteiger partial charge on any atom is -0.346 e. The van der Waals surface area contributed by atoms with Crippen molar-refractivity contribution in [2.75, 3.05) is 25.2 Å². The zero-order valence-corrected chi connectivity index (χ0v) is 14.2. The van der Waals surface area contributed by atoms with Crippen molar-refractivity contribution >= 4 is 39.3 Å². The minimum absolute atomic E-state index is 0.0489. The Morgan fingerprint density at radius 3 is 2.59 bits per heavy atom. The molecule has 1 atom stereocenters. The van der Waals surface area contributed by atoms with Crippen LogP contribution in [0.1, 0.15) is 6.92 Å². The van der Waals surface area contributed by atoms with Crippen molar-refractivity contribution in [3.05, 3.63) is 24.3 Å². The molecule has 0 saturated heterocycles. The Bertz CT molecular complexity index is 646. The molecule has 0 aromatic heterocycles. The lowest BCUT2D eigenvalue weighted by Gasteiger charge is -2.10. The predicted octanol–water partition coefficient (Wildman–Crippen LogP) is 0.401. The van der Waals surface area contributed by atoms with Crippen LogP contribution in [0, 0.1) is 0 Å². The van der Waals surface area contributed by atoms with Crippen molar-refractivity contribution < 1.29 is 18.0 Å². The van der Waals surface area contributed by atoms with Crippen LogP contribution in [-0.4, -0.2) is 45.3 Å². The van der Waals surface area contributed by atoms with E-state index in [-0.39, 0.29) is 22.6 Å². The largest absolute Gasteiger partial charge is 0.346 e. The lowest BCUT2D eigenvalue weighted by atomic mass is 10.3. The van der Waals surface area contributed by atoms with Gasteiger partial charge < -0.3 is 10.6 Å². The Hall–Kier alpha value is -1.58. The second kappa shape index (κ2) is 8.16. The van der Waals surface area contributed by atoms with Crippen molar-refractivity contribution in [3.63, 3.8) is 0 Å². The van der Waals surface area contributed by atoms with Crippen molar-refractivity contribution in [2.24, 2.45) is 0 Å². The fraction of sp³-hybridized carbons (Fsp3) is 0.385. The number of amides is 2. The van der Waals surface area contributed by atoms with E-state index in [9.17, 15) is 18.0 Å². The molecule has 3 N–H and O–H groups in total. The van der Waals surface area contributed by atoms with Gasteiger partial charge in [-0.3, -0.25) is 9.59 Å². The lowest BCUT2D eigenvalue weighted by Crippen LogP contribution is -2.37. The first-order valence-corrected chi connectivity index (χ1v) is 9.21. The Labute approximate surface area is 134 Å². The molecule has 7 nitrogen and oxygen atoms in total. The summed E-state index contributed by atoms with van der Waals surface area (Å²) in [5, 5.41) is 4.81. The molecule has 22 heavy (non-hydrogen) atoms. The number of carbonyl (C=O) groups is 2. The molecule has 1 rings (SSSR count). The zero-order valence-electron chi connectivity index (χ0n) is 12.5. The van der Waals surface area contributed by atoms with Crippen LogP contribution in [0.4, 0.5) is 5.69 Å². The molecule has 0 bridgehead atoms. The monoisotopic (exact) mass is 345 g/mol. The van der Waals surface area contributed by atoms with Crippen LogP contribution in [0.5, 0.6) is 0 Å². The molecule has 0 radical (unpaired) electrons. The summed E-state index contributed by atoms with van der Waals surface area (Å²) in [6, 6.07) is 5.85. The summed E-state index contributed by atoms with van der Waals surface area (Å²) in [4.78, 5) is 23.4. The topological polar surface area (TPSA) is 104 Å². The number of rotatable bonds is 7. The number of carbonyl (C=O) groups excluding carboxylic acids is 2. The molecule has 1 aromatic carbocycles. The van der Waals surface area contributed by atoms with Gasteiger partial charge in [0, 0.05) is 5.69 Å². The maximum absolute atomic E-state index is 11.8. The third kappa shape index (κ3) is 5.32. The fourth-order valence-electron chi connectivity index (χ4n) is 1.48. The van der Waals surface area contributed by atoms with Gasteiger partial charge in [0.15, 0.2) is 0 Å². The van der Waals surface area contributed by atoms with Gasteiger partial charge in [-0.15, -0.1) is 0 Å². The Kier molecular flexibility index (Phi) is 6.85. The van der Waals surface area contributed by atoms with E-state index >= 15 is 0 Å². The molecular weight excluding hydrogens is 326 g/mol. The number of sulfonamides is 1. The second-order valence-corrected chi connectivity index (χ2v) is 7.44. The molecule has 0 aliphatic carbocycles. The summed E-state index contributed by atoms with van der Waals surface area (Å²) in [7, 11) is -2.26. The smallest absolute Gasteiger partial charge is 0.243 e. The lowest BCUT2D eigenvalue weighted by molar-refractivity contribution is -0.123. The third-order valence-electron chi connectivity index (χ3n) is 2.84. The van der Waals surface area contributed by atoms with Crippen LogP contribution in [0.15, 0.2) is 29.2 Å². The second-order valence-electron chi connectivity index (χ2n) is 4.38. The zero-order chi connectivity index (χ0) is 16.8. The maximum atomic E-state index is 11.8. The maximum Gasteiger partial charge on any atom is 0.243 e. The van der Waals surface area contributed by atoms with Crippen molar-refractivity contribution in [3.8, 4) is 0 Å². The molecule has 0 aliphatic heterocycles. The molecule has 0 heterocycles. The Morgan fingerprint density at radius 1 is 1.32 bits per heavy atom. The van der Waals surface area contributed by atoms with Gasteiger partial charge in [-0.05, 0) is 38.4 Å². The standard InChI is InChI=1S/C13H19N3O4S2/c1-9(21-3)13(18)15-8-12(17)16-10-5-4-6-11(7-10)22(19,20)14-2/h4-7,9,14H,8H2,1-3H3,(H,15,18)(H,16,17). The minimum atomic E-state index is -3.57. The van der Waals surface area contributed by atoms with Crippen LogP contribution in [0.2, 0.25) is 0 Å². The van der Waals surface area contributed by atoms with Gasteiger partial charge in [0.25, 0.3) is 0 Å². The summed E-state index contributed by atoms with van der Waals surface area (Å²) < 4.78 is 25.6. The third-order valence-corrected chi connectivity index (χ3v) is 5.18. The Balaban J connectivity index is 2.66. The summed E-state index contributed by atoms with van der Waals surface area (Å²) in [6.45, 7) is 1.57. The first-order chi connectivity index (χ1) is 10.3. The number of nitrogens with one attached hydrogen (secondary N) is 3. The van der Waals surface area contributed by atoms with E-state index in [4.69, 9.17) is 0 Å². The number of benzene rings is 1. The van der Waals surface area contributed by atoms with Gasteiger partial charge in [-0.25, -0.2) is 13.1 Å². The molecule has 1 unspecified atom stereocenters. The van der Waals surface area contributed by atoms with E-state index in [1.807, 2.05) is 0 Å². The average molecular weight is 345 g/mol. The predicted molar refractivity (Wildman–Crippen MR) is 87.3 cm³/mol. The molecule has 0 fully saturated rings. The molecule has 2 amide bonds. The molecule has 1 aromatic rings. The summed E-state index contributed by atoms with van der Waals surface area (Å²) in [6.07, 6.45) is 1.80. The van der Waals surface area contributed by atoms with Crippen LogP contribution in [0.25, 0.3) is 0 Å². The van der Waals surface area contributed by atoms with Gasteiger partial charge in [0.05, 0.1) is 16.7 Å². The van der Waals surface area contributed by atoms with Crippen LogP contribution >= 0.6 is 11.8 Å². The van der Waals surface area contributed by atoms with E-state index in [1.165, 1.54) is 37.0 Å². The summed E-state index contributed by atoms with van der Waals surface area (Å²) >= 11 is 1.38. The van der Waals surface area contributed by atoms with Gasteiger partial charge in [0.2, 0.25) is 21.8 Å². The van der Waals surface area contributed by atoms with Crippen molar-refractivity contribution in [1.82, 2.24) is 10.0 Å². The molecule has 0 spiro atoms. The highest BCUT2D eigenvalue weighted by molar-refractivity contribution is 7.99. The van der Waals surface area contributed by atoms with E-state index in [1.54, 1.807) is 19.2 Å². The highest BCUT2D eigenvalue weighted by atomic mass is 32.2. The number of thioether (sulfide) groups is 1.